The van der Waals surface area contributed by atoms with Crippen molar-refractivity contribution < 1.29 is 9.53 Å². The summed E-state index contributed by atoms with van der Waals surface area (Å²) in [6.45, 7) is 5.71. The minimum Gasteiger partial charge on any atom is -0.462 e. The van der Waals surface area contributed by atoms with Gasteiger partial charge in [-0.2, -0.15) is 12.6 Å². The number of esters is 1. The summed E-state index contributed by atoms with van der Waals surface area (Å²) in [5.41, 5.74) is 0.476. The maximum absolute atomic E-state index is 11.0. The maximum atomic E-state index is 11.0. The van der Waals surface area contributed by atoms with Gasteiger partial charge in [0.15, 0.2) is 0 Å². The number of thiol groups is 1. The molecule has 0 spiro atoms. The van der Waals surface area contributed by atoms with Gasteiger partial charge in [0.1, 0.15) is 0 Å². The van der Waals surface area contributed by atoms with Gasteiger partial charge in [0.2, 0.25) is 0 Å². The van der Waals surface area contributed by atoms with E-state index in [1.165, 1.54) is 25.7 Å². The van der Waals surface area contributed by atoms with Crippen molar-refractivity contribution in [3.8, 4) is 0 Å². The minimum absolute atomic E-state index is 0.273. The molecule has 0 bridgehead atoms. The molecular weight excluding hydrogens is 208 g/mol. The highest BCUT2D eigenvalue weighted by Crippen LogP contribution is 2.06. The van der Waals surface area contributed by atoms with Crippen LogP contribution in [0.4, 0.5) is 0 Å². The molecule has 0 aromatic heterocycles. The van der Waals surface area contributed by atoms with Gasteiger partial charge in [-0.1, -0.05) is 32.3 Å². The molecule has 0 aromatic carbocycles. The number of hydrogen-bond acceptors (Lipinski definition) is 3. The van der Waals surface area contributed by atoms with Crippen molar-refractivity contribution in [2.24, 2.45) is 0 Å². The van der Waals surface area contributed by atoms with Gasteiger partial charge in [0.25, 0.3) is 0 Å². The molecule has 0 fully saturated rings. The van der Waals surface area contributed by atoms with Crippen molar-refractivity contribution in [3.63, 3.8) is 0 Å². The monoisotopic (exact) mass is 230 g/mol. The zero-order valence-corrected chi connectivity index (χ0v) is 10.5. The molecule has 88 valence electrons. The largest absolute Gasteiger partial charge is 0.462 e. The van der Waals surface area contributed by atoms with E-state index in [1.54, 1.807) is 6.92 Å². The molecule has 2 nitrogen and oxygen atoms in total. The van der Waals surface area contributed by atoms with Crippen LogP contribution in [-0.4, -0.2) is 18.3 Å². The molecule has 0 saturated carbocycles. The zero-order chi connectivity index (χ0) is 11.5. The molecule has 3 heteroatoms. The van der Waals surface area contributed by atoms with Crippen molar-refractivity contribution in [2.45, 2.75) is 45.4 Å². The van der Waals surface area contributed by atoms with E-state index in [2.05, 4.69) is 19.2 Å². The fourth-order valence-corrected chi connectivity index (χ4v) is 1.43. The molecule has 0 aliphatic carbocycles. The third kappa shape index (κ3) is 9.85. The van der Waals surface area contributed by atoms with Crippen LogP contribution in [0, 0.1) is 0 Å². The van der Waals surface area contributed by atoms with Crippen LogP contribution in [0.15, 0.2) is 12.2 Å². The predicted molar refractivity (Wildman–Crippen MR) is 67.3 cm³/mol. The molecule has 0 atom stereocenters. The molecule has 0 saturated heterocycles. The van der Waals surface area contributed by atoms with Crippen molar-refractivity contribution in [2.75, 3.05) is 12.4 Å². The molecule has 0 rings (SSSR count). The summed E-state index contributed by atoms with van der Waals surface area (Å²) < 4.78 is 4.98. The van der Waals surface area contributed by atoms with Crippen LogP contribution in [0.25, 0.3) is 0 Å². The van der Waals surface area contributed by atoms with Gasteiger partial charge in [0, 0.05) is 5.57 Å². The van der Waals surface area contributed by atoms with Crippen LogP contribution in [0.3, 0.4) is 0 Å². The zero-order valence-electron chi connectivity index (χ0n) is 9.63. The average molecular weight is 230 g/mol. The summed E-state index contributed by atoms with van der Waals surface area (Å²) in [6, 6.07) is 0. The molecule has 15 heavy (non-hydrogen) atoms. The van der Waals surface area contributed by atoms with Crippen LogP contribution in [-0.2, 0) is 9.53 Å². The molecule has 0 unspecified atom stereocenters. The third-order valence-electron chi connectivity index (χ3n) is 2.13. The predicted octanol–water partition coefficient (Wildman–Crippen LogP) is 3.38. The molecule has 0 aromatic rings. The van der Waals surface area contributed by atoms with E-state index >= 15 is 0 Å². The molecule has 0 aliphatic heterocycles. The lowest BCUT2D eigenvalue weighted by Crippen LogP contribution is -2.05. The second-order valence-electron chi connectivity index (χ2n) is 3.76. The van der Waals surface area contributed by atoms with Crippen LogP contribution in [0.2, 0.25) is 0 Å². The second kappa shape index (κ2) is 10.1. The Bertz CT molecular complexity index is 190. The summed E-state index contributed by atoms with van der Waals surface area (Å²) in [5, 5.41) is 0. The average Bonchev–Trinajstić information content (AvgIpc) is 2.21. The topological polar surface area (TPSA) is 26.3 Å². The summed E-state index contributed by atoms with van der Waals surface area (Å²) in [5.74, 6) is 0.709. The number of carbonyl (C=O) groups is 1. The smallest absolute Gasteiger partial charge is 0.333 e. The van der Waals surface area contributed by atoms with Gasteiger partial charge in [-0.3, -0.25) is 0 Å². The first-order valence-electron chi connectivity index (χ1n) is 5.62. The summed E-state index contributed by atoms with van der Waals surface area (Å²) in [6.07, 6.45) is 7.03. The van der Waals surface area contributed by atoms with Gasteiger partial charge < -0.3 is 4.74 Å². The Balaban J connectivity index is 3.11. The highest BCUT2D eigenvalue weighted by atomic mass is 32.1. The second-order valence-corrected chi connectivity index (χ2v) is 4.21. The van der Waals surface area contributed by atoms with E-state index in [-0.39, 0.29) is 5.97 Å². The maximum Gasteiger partial charge on any atom is 0.333 e. The van der Waals surface area contributed by atoms with Crippen molar-refractivity contribution in [1.82, 2.24) is 0 Å². The van der Waals surface area contributed by atoms with Gasteiger partial charge in [-0.15, -0.1) is 0 Å². The molecule has 0 radical (unpaired) electrons. The Morgan fingerprint density at radius 1 is 1.13 bits per heavy atom. The van der Waals surface area contributed by atoms with Crippen LogP contribution in [0.1, 0.15) is 45.4 Å². The van der Waals surface area contributed by atoms with E-state index in [4.69, 9.17) is 4.74 Å². The number of unbranched alkanes of at least 4 members (excludes halogenated alkanes) is 5. The number of carbonyl (C=O) groups excluding carboxylic acids is 1. The molecule has 0 amide bonds. The third-order valence-corrected chi connectivity index (χ3v) is 2.45. The fraction of sp³-hybridized carbons (Fsp3) is 0.750. The Morgan fingerprint density at radius 2 is 1.67 bits per heavy atom. The van der Waals surface area contributed by atoms with E-state index in [1.807, 2.05) is 0 Å². The highest BCUT2D eigenvalue weighted by molar-refractivity contribution is 7.80. The van der Waals surface area contributed by atoms with Crippen molar-refractivity contribution >= 4 is 18.6 Å². The van der Waals surface area contributed by atoms with Crippen LogP contribution < -0.4 is 0 Å². The van der Waals surface area contributed by atoms with Gasteiger partial charge in [-0.25, -0.2) is 4.79 Å². The van der Waals surface area contributed by atoms with E-state index < -0.39 is 0 Å². The number of hydrogen-bond donors (Lipinski definition) is 1. The lowest BCUT2D eigenvalue weighted by molar-refractivity contribution is -0.139. The minimum atomic E-state index is -0.273. The Kier molecular flexibility index (Phi) is 9.79. The molecule has 0 N–H and O–H groups in total. The standard InChI is InChI=1S/C12H22O2S/c1-11(2)12(13)14-9-7-5-3-4-6-8-10-15/h15H,1,3-10H2,2H3. The first kappa shape index (κ1) is 14.6. The van der Waals surface area contributed by atoms with Crippen LogP contribution >= 0.6 is 12.6 Å². The van der Waals surface area contributed by atoms with E-state index in [0.29, 0.717) is 12.2 Å². The van der Waals surface area contributed by atoms with Crippen molar-refractivity contribution in [3.05, 3.63) is 12.2 Å². The Hall–Kier alpha value is -0.440. The lowest BCUT2D eigenvalue weighted by atomic mass is 10.1. The van der Waals surface area contributed by atoms with Crippen molar-refractivity contribution in [1.29, 1.82) is 0 Å². The Morgan fingerprint density at radius 3 is 2.20 bits per heavy atom. The summed E-state index contributed by atoms with van der Waals surface area (Å²) in [7, 11) is 0. The van der Waals surface area contributed by atoms with E-state index in [0.717, 1.165) is 18.6 Å². The van der Waals surface area contributed by atoms with Gasteiger partial charge in [0.05, 0.1) is 6.61 Å². The quantitative estimate of drug-likeness (QED) is 0.284. The molecule has 0 heterocycles. The molecular formula is C12H22O2S. The highest BCUT2D eigenvalue weighted by Gasteiger charge is 2.01. The van der Waals surface area contributed by atoms with Crippen LogP contribution in [0.5, 0.6) is 0 Å². The molecule has 0 aliphatic rings. The number of rotatable bonds is 9. The summed E-state index contributed by atoms with van der Waals surface area (Å²) >= 11 is 4.16. The fourth-order valence-electron chi connectivity index (χ4n) is 1.21. The lowest BCUT2D eigenvalue weighted by Gasteiger charge is -2.03. The first-order valence-corrected chi connectivity index (χ1v) is 6.25. The van der Waals surface area contributed by atoms with Gasteiger partial charge in [-0.05, 0) is 25.5 Å². The summed E-state index contributed by atoms with van der Waals surface area (Å²) in [4.78, 5) is 11.0. The Labute approximate surface area is 98.5 Å². The van der Waals surface area contributed by atoms with Gasteiger partial charge >= 0.3 is 5.97 Å². The van der Waals surface area contributed by atoms with E-state index in [9.17, 15) is 4.79 Å². The first-order chi connectivity index (χ1) is 7.18. The normalized spacial score (nSPS) is 10.0. The number of ether oxygens (including phenoxy) is 1. The SMILES string of the molecule is C=C(C)C(=O)OCCCCCCCCS.